The summed E-state index contributed by atoms with van der Waals surface area (Å²) in [5.41, 5.74) is -0.850. The summed E-state index contributed by atoms with van der Waals surface area (Å²) in [4.78, 5) is 11.0. The van der Waals surface area contributed by atoms with Crippen LogP contribution in [0.4, 0.5) is 24.5 Å². The highest BCUT2D eigenvalue weighted by molar-refractivity contribution is 7.89. The zero-order valence-electron chi connectivity index (χ0n) is 18.2. The van der Waals surface area contributed by atoms with E-state index in [0.717, 1.165) is 29.3 Å². The van der Waals surface area contributed by atoms with Gasteiger partial charge in [0, 0.05) is 18.8 Å². The summed E-state index contributed by atoms with van der Waals surface area (Å²) in [6.45, 7) is 3.53. The molecule has 0 spiro atoms. The van der Waals surface area contributed by atoms with Crippen LogP contribution in [0.2, 0.25) is 5.02 Å². The molecule has 1 fully saturated rings. The highest BCUT2D eigenvalue weighted by atomic mass is 35.5. The van der Waals surface area contributed by atoms with Crippen LogP contribution in [-0.2, 0) is 20.9 Å². The monoisotopic (exact) mass is 504 g/mol. The molecular formula is C22H24ClF3N2O4S. The quantitative estimate of drug-likeness (QED) is 0.467. The van der Waals surface area contributed by atoms with Crippen LogP contribution in [0, 0.1) is 5.92 Å². The molecule has 33 heavy (non-hydrogen) atoms. The highest BCUT2D eigenvalue weighted by Gasteiger charge is 2.41. The minimum absolute atomic E-state index is 0.00930. The first-order chi connectivity index (χ1) is 15.4. The first kappa shape index (κ1) is 25.3. The molecule has 1 atom stereocenters. The van der Waals surface area contributed by atoms with Crippen molar-refractivity contribution in [2.24, 2.45) is 5.92 Å². The molecular weight excluding hydrogens is 481 g/mol. The van der Waals surface area contributed by atoms with Gasteiger partial charge >= 0.3 is 12.1 Å². The van der Waals surface area contributed by atoms with Gasteiger partial charge in [-0.1, -0.05) is 11.6 Å². The average Bonchev–Trinajstić information content (AvgIpc) is 3.59. The zero-order chi connectivity index (χ0) is 24.6. The molecule has 0 saturated heterocycles. The van der Waals surface area contributed by atoms with Gasteiger partial charge < -0.3 is 10.1 Å². The van der Waals surface area contributed by atoms with E-state index in [0.29, 0.717) is 0 Å². The topological polar surface area (TPSA) is 75.7 Å². The number of ether oxygens (including phenoxy) is 1. The summed E-state index contributed by atoms with van der Waals surface area (Å²) in [5.74, 6) is -0.427. The van der Waals surface area contributed by atoms with Gasteiger partial charge in [0.15, 0.2) is 0 Å². The van der Waals surface area contributed by atoms with Crippen molar-refractivity contribution >= 4 is 39.0 Å². The van der Waals surface area contributed by atoms with Gasteiger partial charge in [-0.25, -0.2) is 13.2 Å². The van der Waals surface area contributed by atoms with Crippen molar-refractivity contribution in [3.63, 3.8) is 0 Å². The molecule has 1 N–H and O–H groups in total. The summed E-state index contributed by atoms with van der Waals surface area (Å²) < 4.78 is 73.4. The normalized spacial score (nSPS) is 15.4. The van der Waals surface area contributed by atoms with E-state index in [4.69, 9.17) is 16.3 Å². The maximum absolute atomic E-state index is 13.8. The number of sulfonamides is 1. The second kappa shape index (κ2) is 9.52. The molecule has 1 aliphatic rings. The van der Waals surface area contributed by atoms with Crippen LogP contribution < -0.4 is 5.32 Å². The Morgan fingerprint density at radius 1 is 1.24 bits per heavy atom. The van der Waals surface area contributed by atoms with Crippen LogP contribution in [-0.4, -0.2) is 38.4 Å². The number of nitrogens with zero attached hydrogens (tertiary/aromatic N) is 1. The van der Waals surface area contributed by atoms with Crippen molar-refractivity contribution in [3.8, 4) is 0 Å². The molecule has 11 heteroatoms. The van der Waals surface area contributed by atoms with Crippen molar-refractivity contribution in [2.45, 2.75) is 43.8 Å². The van der Waals surface area contributed by atoms with Gasteiger partial charge in [0.05, 0.1) is 33.3 Å². The van der Waals surface area contributed by atoms with E-state index in [-0.39, 0.29) is 34.5 Å². The second-order valence-corrected chi connectivity index (χ2v) is 10.2. The molecule has 2 aromatic carbocycles. The van der Waals surface area contributed by atoms with E-state index < -0.39 is 38.7 Å². The number of carbonyl (C=O) groups is 1. The third-order valence-electron chi connectivity index (χ3n) is 5.58. The summed E-state index contributed by atoms with van der Waals surface area (Å²) in [6.07, 6.45) is -3.20. The van der Waals surface area contributed by atoms with Gasteiger partial charge in [0.25, 0.3) is 0 Å². The van der Waals surface area contributed by atoms with Crippen LogP contribution in [0.25, 0.3) is 0 Å². The van der Waals surface area contributed by atoms with E-state index in [1.54, 1.807) is 13.8 Å². The number of carbonyl (C=O) groups excluding carboxylic acids is 1. The summed E-state index contributed by atoms with van der Waals surface area (Å²) in [7, 11) is -3.07. The Morgan fingerprint density at radius 3 is 2.45 bits per heavy atom. The number of hydrogen-bond donors (Lipinski definition) is 1. The van der Waals surface area contributed by atoms with Crippen LogP contribution >= 0.6 is 11.6 Å². The number of anilines is 2. The molecule has 0 bridgehead atoms. The Balaban J connectivity index is 1.94. The van der Waals surface area contributed by atoms with Gasteiger partial charge in [-0.2, -0.15) is 17.5 Å². The van der Waals surface area contributed by atoms with Crippen molar-refractivity contribution in [3.05, 3.63) is 52.5 Å². The van der Waals surface area contributed by atoms with Crippen LogP contribution in [0.1, 0.15) is 42.6 Å². The Morgan fingerprint density at radius 2 is 1.91 bits per heavy atom. The van der Waals surface area contributed by atoms with Gasteiger partial charge in [0.1, 0.15) is 0 Å². The largest absolute Gasteiger partial charge is 0.462 e. The summed E-state index contributed by atoms with van der Waals surface area (Å²) in [6, 6.07) is 6.70. The molecule has 0 aromatic heterocycles. The lowest BCUT2D eigenvalue weighted by atomic mass is 10.1. The van der Waals surface area contributed by atoms with Crippen LogP contribution in [0.3, 0.4) is 0 Å². The zero-order valence-corrected chi connectivity index (χ0v) is 19.8. The summed E-state index contributed by atoms with van der Waals surface area (Å²) >= 11 is 6.17. The molecule has 6 nitrogen and oxygen atoms in total. The maximum atomic E-state index is 13.8. The van der Waals surface area contributed by atoms with E-state index >= 15 is 0 Å². The fraction of sp³-hybridized carbons (Fsp3) is 0.409. The van der Waals surface area contributed by atoms with E-state index in [2.05, 4.69) is 5.32 Å². The third-order valence-corrected chi connectivity index (χ3v) is 7.89. The number of alkyl halides is 3. The molecule has 1 unspecified atom stereocenters. The first-order valence-electron chi connectivity index (χ1n) is 10.3. The number of esters is 1. The Kier molecular flexibility index (Phi) is 7.30. The highest BCUT2D eigenvalue weighted by Crippen LogP contribution is 2.40. The van der Waals surface area contributed by atoms with Gasteiger partial charge in [-0.3, -0.25) is 0 Å². The Bertz CT molecular complexity index is 1150. The van der Waals surface area contributed by atoms with Gasteiger partial charge in [-0.05, 0) is 69.0 Å². The molecule has 1 aliphatic carbocycles. The van der Waals surface area contributed by atoms with Crippen molar-refractivity contribution in [1.29, 1.82) is 0 Å². The second-order valence-electron chi connectivity index (χ2n) is 7.85. The van der Waals surface area contributed by atoms with Crippen LogP contribution in [0.5, 0.6) is 0 Å². The fourth-order valence-corrected chi connectivity index (χ4v) is 5.26. The number of halogens is 4. The lowest BCUT2D eigenvalue weighted by molar-refractivity contribution is -0.139. The maximum Gasteiger partial charge on any atom is 0.417 e. The Hall–Kier alpha value is -2.30. The lowest BCUT2D eigenvalue weighted by Gasteiger charge is -2.26. The van der Waals surface area contributed by atoms with Crippen LogP contribution in [0.15, 0.2) is 41.3 Å². The third kappa shape index (κ3) is 5.62. The number of benzene rings is 2. The Labute approximate surface area is 195 Å². The number of hydrogen-bond acceptors (Lipinski definition) is 5. The predicted molar refractivity (Wildman–Crippen MR) is 119 cm³/mol. The van der Waals surface area contributed by atoms with Crippen molar-refractivity contribution in [2.75, 3.05) is 19.0 Å². The number of rotatable bonds is 8. The minimum atomic E-state index is -4.90. The smallest absolute Gasteiger partial charge is 0.417 e. The molecule has 3 rings (SSSR count). The van der Waals surface area contributed by atoms with E-state index in [9.17, 15) is 26.4 Å². The average molecular weight is 505 g/mol. The molecule has 0 radical (unpaired) electrons. The van der Waals surface area contributed by atoms with E-state index in [1.807, 2.05) is 0 Å². The van der Waals surface area contributed by atoms with Crippen molar-refractivity contribution < 1.29 is 31.1 Å². The lowest BCUT2D eigenvalue weighted by Crippen LogP contribution is -2.37. The summed E-state index contributed by atoms with van der Waals surface area (Å²) in [5, 5.41) is 2.84. The molecule has 1 saturated carbocycles. The first-order valence-corrected chi connectivity index (χ1v) is 12.1. The minimum Gasteiger partial charge on any atom is -0.462 e. The fourth-order valence-electron chi connectivity index (χ4n) is 3.42. The molecule has 0 heterocycles. The van der Waals surface area contributed by atoms with E-state index in [1.165, 1.54) is 31.3 Å². The predicted octanol–water partition coefficient (Wildman–Crippen LogP) is 5.70. The number of nitrogens with one attached hydrogen (secondary N) is 1. The molecule has 0 amide bonds. The van der Waals surface area contributed by atoms with Gasteiger partial charge in [0.2, 0.25) is 10.0 Å². The SMILES string of the molecule is CCOC(=O)c1ccc(Nc2ccc(S(=O)(=O)N(C)C(C)C3CC3)c(C(F)(F)F)c2)c(Cl)c1. The standard InChI is InChI=1S/C22H24ClF3N2O4S/c1-4-32-21(29)15-7-9-19(18(23)11-15)27-16-8-10-20(17(12-16)22(24,25)26)33(30,31)28(3)13(2)14-5-6-14/h7-14,27H,4-6H2,1-3H3. The molecule has 180 valence electrons. The van der Waals surface area contributed by atoms with Gasteiger partial charge in [-0.15, -0.1) is 0 Å². The molecule has 2 aromatic rings. The van der Waals surface area contributed by atoms with Crippen molar-refractivity contribution in [1.82, 2.24) is 4.31 Å². The molecule has 0 aliphatic heterocycles.